The van der Waals surface area contributed by atoms with E-state index in [2.05, 4.69) is 5.32 Å². The number of nitriles is 1. The number of thioether (sulfide) groups is 1. The van der Waals surface area contributed by atoms with Gasteiger partial charge in [-0.2, -0.15) is 5.26 Å². The first kappa shape index (κ1) is 19.3. The second-order valence-electron chi connectivity index (χ2n) is 5.67. The Bertz CT molecular complexity index is 996. The van der Waals surface area contributed by atoms with Crippen LogP contribution < -0.4 is 14.8 Å². The maximum atomic E-state index is 12.5. The summed E-state index contributed by atoms with van der Waals surface area (Å²) in [4.78, 5) is 24.3. The van der Waals surface area contributed by atoms with Gasteiger partial charge >= 0.3 is 0 Å². The van der Waals surface area contributed by atoms with Gasteiger partial charge in [0.15, 0.2) is 11.5 Å². The molecule has 0 bridgehead atoms. The van der Waals surface area contributed by atoms with Crippen LogP contribution in [0.2, 0.25) is 0 Å². The molecule has 0 saturated carbocycles. The van der Waals surface area contributed by atoms with Crippen LogP contribution in [-0.4, -0.2) is 30.3 Å². The molecule has 1 amide bonds. The maximum Gasteiger partial charge on any atom is 0.296 e. The lowest BCUT2D eigenvalue weighted by Crippen LogP contribution is -2.18. The number of carbonyl (C=O) groups is 1. The Hall–Kier alpha value is -3.51. The fourth-order valence-electron chi connectivity index (χ4n) is 2.53. The number of nitro benzene ring substituents is 1. The zero-order chi connectivity index (χ0) is 20.1. The first-order chi connectivity index (χ1) is 13.5. The van der Waals surface area contributed by atoms with Gasteiger partial charge in [0.05, 0.1) is 11.0 Å². The summed E-state index contributed by atoms with van der Waals surface area (Å²) >= 11 is 1.57. The summed E-state index contributed by atoms with van der Waals surface area (Å²) < 4.78 is 10.7. The number of ether oxygens (including phenoxy) is 2. The zero-order valence-corrected chi connectivity index (χ0v) is 15.6. The molecule has 0 saturated heterocycles. The van der Waals surface area contributed by atoms with E-state index in [1.54, 1.807) is 23.9 Å². The van der Waals surface area contributed by atoms with Crippen LogP contribution in [-0.2, 0) is 4.79 Å². The molecule has 1 N–H and O–H groups in total. The highest BCUT2D eigenvalue weighted by Gasteiger charge is 2.24. The van der Waals surface area contributed by atoms with Crippen molar-refractivity contribution in [3.63, 3.8) is 0 Å². The van der Waals surface area contributed by atoms with Gasteiger partial charge in [-0.15, -0.1) is 11.8 Å². The van der Waals surface area contributed by atoms with E-state index in [9.17, 15) is 20.2 Å². The molecule has 142 valence electrons. The molecule has 0 atom stereocenters. The van der Waals surface area contributed by atoms with Crippen LogP contribution in [0.15, 0.2) is 46.9 Å². The van der Waals surface area contributed by atoms with Crippen molar-refractivity contribution < 1.29 is 19.2 Å². The Morgan fingerprint density at radius 3 is 2.46 bits per heavy atom. The highest BCUT2D eigenvalue weighted by molar-refractivity contribution is 7.98. The number of nitrogens with zero attached hydrogens (tertiary/aromatic N) is 2. The van der Waals surface area contributed by atoms with E-state index < -0.39 is 10.8 Å². The molecule has 0 unspecified atom stereocenters. The Morgan fingerprint density at radius 1 is 1.25 bits per heavy atom. The van der Waals surface area contributed by atoms with Gasteiger partial charge in [-0.05, 0) is 30.0 Å². The molecule has 0 radical (unpaired) electrons. The largest absolute Gasteiger partial charge is 0.486 e. The van der Waals surface area contributed by atoms with Gasteiger partial charge in [-0.25, -0.2) is 0 Å². The number of amides is 1. The highest BCUT2D eigenvalue weighted by atomic mass is 32.2. The molecular formula is C19H15N3O5S. The lowest BCUT2D eigenvalue weighted by Gasteiger charge is -2.19. The summed E-state index contributed by atoms with van der Waals surface area (Å²) in [6.07, 6.45) is 3.36. The minimum Gasteiger partial charge on any atom is -0.486 e. The van der Waals surface area contributed by atoms with E-state index in [0.717, 1.165) is 4.90 Å². The first-order valence-electron chi connectivity index (χ1n) is 8.17. The van der Waals surface area contributed by atoms with Gasteiger partial charge < -0.3 is 14.8 Å². The van der Waals surface area contributed by atoms with Crippen molar-refractivity contribution in [2.75, 3.05) is 24.8 Å². The van der Waals surface area contributed by atoms with Crippen LogP contribution in [0.25, 0.3) is 6.08 Å². The van der Waals surface area contributed by atoms with Gasteiger partial charge in [-0.3, -0.25) is 14.9 Å². The van der Waals surface area contributed by atoms with Gasteiger partial charge in [-0.1, -0.05) is 12.1 Å². The average Bonchev–Trinajstić information content (AvgIpc) is 2.71. The SMILES string of the molecule is CSc1ccc(C=C(C#N)C(=O)Nc2cc3c(cc2[N+](=O)[O-])OCCO3)cc1. The van der Waals surface area contributed by atoms with Crippen molar-refractivity contribution in [2.45, 2.75) is 4.90 Å². The first-order valence-corrected chi connectivity index (χ1v) is 9.39. The van der Waals surface area contributed by atoms with Crippen LogP contribution in [0, 0.1) is 21.4 Å². The fraction of sp³-hybridized carbons (Fsp3) is 0.158. The summed E-state index contributed by atoms with van der Waals surface area (Å²) in [7, 11) is 0. The normalized spacial score (nSPS) is 12.8. The number of hydrogen-bond donors (Lipinski definition) is 1. The molecular weight excluding hydrogens is 382 g/mol. The number of anilines is 1. The minimum absolute atomic E-state index is 0.0712. The van der Waals surface area contributed by atoms with E-state index >= 15 is 0 Å². The Kier molecular flexibility index (Phi) is 5.81. The second-order valence-corrected chi connectivity index (χ2v) is 6.55. The maximum absolute atomic E-state index is 12.5. The molecule has 3 rings (SSSR count). The Morgan fingerprint density at radius 2 is 1.89 bits per heavy atom. The highest BCUT2D eigenvalue weighted by Crippen LogP contribution is 2.39. The topological polar surface area (TPSA) is 114 Å². The summed E-state index contributed by atoms with van der Waals surface area (Å²) in [5.41, 5.74) is 0.0691. The molecule has 1 heterocycles. The van der Waals surface area contributed by atoms with Crippen LogP contribution in [0.5, 0.6) is 11.5 Å². The summed E-state index contributed by atoms with van der Waals surface area (Å²) in [5.74, 6) is -0.223. The van der Waals surface area contributed by atoms with E-state index in [-0.39, 0.29) is 29.3 Å². The molecule has 2 aromatic rings. The van der Waals surface area contributed by atoms with E-state index in [1.807, 2.05) is 24.5 Å². The summed E-state index contributed by atoms with van der Waals surface area (Å²) in [6.45, 7) is 0.583. The van der Waals surface area contributed by atoms with Crippen molar-refractivity contribution in [1.82, 2.24) is 0 Å². The molecule has 8 nitrogen and oxygen atoms in total. The Labute approximate surface area is 164 Å². The molecule has 28 heavy (non-hydrogen) atoms. The second kappa shape index (κ2) is 8.45. The molecule has 0 aliphatic carbocycles. The van der Waals surface area contributed by atoms with E-state index in [0.29, 0.717) is 17.9 Å². The third kappa shape index (κ3) is 4.24. The number of carbonyl (C=O) groups excluding carboxylic acids is 1. The molecule has 0 aromatic heterocycles. The predicted octanol–water partition coefficient (Wildman–Crippen LogP) is 3.63. The number of nitrogens with one attached hydrogen (secondary N) is 1. The summed E-state index contributed by atoms with van der Waals surface area (Å²) in [6, 6.07) is 11.7. The smallest absolute Gasteiger partial charge is 0.296 e. The molecule has 9 heteroatoms. The lowest BCUT2D eigenvalue weighted by atomic mass is 10.1. The monoisotopic (exact) mass is 397 g/mol. The predicted molar refractivity (Wildman–Crippen MR) is 105 cm³/mol. The van der Waals surface area contributed by atoms with Crippen molar-refractivity contribution in [2.24, 2.45) is 0 Å². The third-order valence-corrected chi connectivity index (χ3v) is 4.64. The van der Waals surface area contributed by atoms with Crippen molar-refractivity contribution >= 4 is 35.1 Å². The van der Waals surface area contributed by atoms with E-state index in [1.165, 1.54) is 18.2 Å². The summed E-state index contributed by atoms with van der Waals surface area (Å²) in [5, 5.41) is 23.1. The zero-order valence-electron chi connectivity index (χ0n) is 14.8. The van der Waals surface area contributed by atoms with Crippen LogP contribution in [0.1, 0.15) is 5.56 Å². The van der Waals surface area contributed by atoms with Crippen LogP contribution in [0.4, 0.5) is 11.4 Å². The molecule has 1 aliphatic heterocycles. The van der Waals surface area contributed by atoms with Gasteiger partial charge in [0.1, 0.15) is 30.5 Å². The Balaban J connectivity index is 1.89. The number of benzene rings is 2. The van der Waals surface area contributed by atoms with Gasteiger partial charge in [0, 0.05) is 11.0 Å². The standard InChI is InChI=1S/C19H15N3O5S/c1-28-14-4-2-12(3-5-14)8-13(11-20)19(23)21-15-9-17-18(27-7-6-26-17)10-16(15)22(24)25/h2-5,8-10H,6-7H2,1H3,(H,21,23). The molecule has 1 aliphatic rings. The number of fused-ring (bicyclic) bond motifs is 1. The van der Waals surface area contributed by atoms with Crippen molar-refractivity contribution in [3.05, 3.63) is 57.6 Å². The van der Waals surface area contributed by atoms with Crippen LogP contribution in [0.3, 0.4) is 0 Å². The van der Waals surface area contributed by atoms with Gasteiger partial charge in [0.25, 0.3) is 11.6 Å². The van der Waals surface area contributed by atoms with Gasteiger partial charge in [0.2, 0.25) is 0 Å². The third-order valence-electron chi connectivity index (χ3n) is 3.90. The fourth-order valence-corrected chi connectivity index (χ4v) is 2.94. The average molecular weight is 397 g/mol. The van der Waals surface area contributed by atoms with Crippen LogP contribution >= 0.6 is 11.8 Å². The number of hydrogen-bond acceptors (Lipinski definition) is 7. The molecule has 0 spiro atoms. The van der Waals surface area contributed by atoms with Crippen molar-refractivity contribution in [3.8, 4) is 17.6 Å². The molecule has 2 aromatic carbocycles. The molecule has 0 fully saturated rings. The minimum atomic E-state index is -0.753. The van der Waals surface area contributed by atoms with Crippen molar-refractivity contribution in [1.29, 1.82) is 5.26 Å². The number of rotatable bonds is 5. The quantitative estimate of drug-likeness (QED) is 0.269. The van der Waals surface area contributed by atoms with E-state index in [4.69, 9.17) is 9.47 Å². The number of nitro groups is 1. The lowest BCUT2D eigenvalue weighted by molar-refractivity contribution is -0.384.